The fourth-order valence-electron chi connectivity index (χ4n) is 3.38. The molecule has 0 aliphatic carbocycles. The van der Waals surface area contributed by atoms with Crippen molar-refractivity contribution < 1.29 is 27.5 Å². The molecule has 1 aromatic heterocycles. The molecule has 0 aliphatic heterocycles. The molecule has 7 nitrogen and oxygen atoms in total. The van der Waals surface area contributed by atoms with Crippen molar-refractivity contribution in [3.63, 3.8) is 0 Å². The molecule has 5 N–H and O–H groups in total. The van der Waals surface area contributed by atoms with Crippen LogP contribution in [0.1, 0.15) is 39.2 Å². The van der Waals surface area contributed by atoms with E-state index in [1.807, 2.05) is 6.07 Å². The van der Waals surface area contributed by atoms with Gasteiger partial charge in [0.15, 0.2) is 0 Å². The van der Waals surface area contributed by atoms with Gasteiger partial charge in [-0.3, -0.25) is 14.6 Å². The molecular formula is C25H25F3N4O3. The van der Waals surface area contributed by atoms with E-state index in [0.29, 0.717) is 23.3 Å². The van der Waals surface area contributed by atoms with E-state index >= 15 is 0 Å². The molecule has 0 radical (unpaired) electrons. The van der Waals surface area contributed by atoms with Gasteiger partial charge in [-0.2, -0.15) is 13.2 Å². The lowest BCUT2D eigenvalue weighted by Gasteiger charge is -2.13. The number of anilines is 1. The van der Waals surface area contributed by atoms with E-state index in [2.05, 4.69) is 10.3 Å². The van der Waals surface area contributed by atoms with E-state index in [4.69, 9.17) is 16.2 Å². The Morgan fingerprint density at radius 2 is 1.77 bits per heavy atom. The molecule has 35 heavy (non-hydrogen) atoms. The molecule has 1 heterocycles. The fraction of sp³-hybridized carbons (Fsp3) is 0.240. The summed E-state index contributed by atoms with van der Waals surface area (Å²) in [6.45, 7) is 0.383. The minimum atomic E-state index is -4.53. The summed E-state index contributed by atoms with van der Waals surface area (Å²) in [5, 5.41) is 2.54. The number of carbonyl (C=O) groups excluding carboxylic acids is 2. The fourth-order valence-corrected chi connectivity index (χ4v) is 3.38. The second kappa shape index (κ2) is 11.5. The molecule has 0 saturated heterocycles. The SMILES string of the molecule is NCCc1cc(NC(=O)CCc2cccc(OCc3ccnc(C(N)=O)c3)c2)cc(C(F)(F)F)c1. The monoisotopic (exact) mass is 486 g/mol. The smallest absolute Gasteiger partial charge is 0.416 e. The number of aromatic nitrogens is 1. The van der Waals surface area contributed by atoms with Crippen LogP contribution in [0.15, 0.2) is 60.8 Å². The van der Waals surface area contributed by atoms with Crippen LogP contribution >= 0.6 is 0 Å². The molecule has 0 aliphatic rings. The van der Waals surface area contributed by atoms with Crippen molar-refractivity contribution in [1.29, 1.82) is 0 Å². The van der Waals surface area contributed by atoms with Crippen LogP contribution < -0.4 is 21.5 Å². The van der Waals surface area contributed by atoms with Crippen LogP contribution in [0.3, 0.4) is 0 Å². The average Bonchev–Trinajstić information content (AvgIpc) is 2.81. The molecule has 0 fully saturated rings. The van der Waals surface area contributed by atoms with Gasteiger partial charge < -0.3 is 21.5 Å². The van der Waals surface area contributed by atoms with Crippen LogP contribution in [0, 0.1) is 0 Å². The largest absolute Gasteiger partial charge is 0.489 e. The zero-order valence-electron chi connectivity index (χ0n) is 18.8. The first-order chi connectivity index (χ1) is 16.6. The number of nitrogens with two attached hydrogens (primary N) is 2. The van der Waals surface area contributed by atoms with Crippen molar-refractivity contribution in [3.8, 4) is 5.75 Å². The first kappa shape index (κ1) is 25.7. The second-order valence-electron chi connectivity index (χ2n) is 7.85. The zero-order valence-corrected chi connectivity index (χ0v) is 18.8. The number of hydrogen-bond donors (Lipinski definition) is 3. The maximum Gasteiger partial charge on any atom is 0.416 e. The first-order valence-electron chi connectivity index (χ1n) is 10.8. The van der Waals surface area contributed by atoms with Crippen molar-refractivity contribution in [1.82, 2.24) is 4.98 Å². The van der Waals surface area contributed by atoms with Gasteiger partial charge in [-0.1, -0.05) is 12.1 Å². The number of amides is 2. The van der Waals surface area contributed by atoms with Crippen LogP contribution in [0.2, 0.25) is 0 Å². The van der Waals surface area contributed by atoms with Gasteiger partial charge >= 0.3 is 6.18 Å². The van der Waals surface area contributed by atoms with E-state index in [0.717, 1.165) is 17.7 Å². The Morgan fingerprint density at radius 3 is 2.49 bits per heavy atom. The van der Waals surface area contributed by atoms with E-state index in [9.17, 15) is 22.8 Å². The summed E-state index contributed by atoms with van der Waals surface area (Å²) < 4.78 is 45.3. The van der Waals surface area contributed by atoms with Crippen LogP contribution in [-0.2, 0) is 30.4 Å². The molecular weight excluding hydrogens is 461 g/mol. The number of primary amides is 1. The quantitative estimate of drug-likeness (QED) is 0.402. The van der Waals surface area contributed by atoms with Gasteiger partial charge in [-0.05, 0) is 78.5 Å². The maximum atomic E-state index is 13.2. The Labute approximate surface area is 200 Å². The van der Waals surface area contributed by atoms with Crippen molar-refractivity contribution in [3.05, 3.63) is 88.7 Å². The molecule has 2 amide bonds. The zero-order chi connectivity index (χ0) is 25.4. The number of carbonyl (C=O) groups is 2. The number of alkyl halides is 3. The molecule has 0 bridgehead atoms. The first-order valence-corrected chi connectivity index (χ1v) is 10.8. The molecule has 0 spiro atoms. The summed E-state index contributed by atoms with van der Waals surface area (Å²) in [5.41, 5.74) is 12.0. The Hall–Kier alpha value is -3.92. The highest BCUT2D eigenvalue weighted by Gasteiger charge is 2.31. The van der Waals surface area contributed by atoms with Crippen LogP contribution in [0.5, 0.6) is 5.75 Å². The van der Waals surface area contributed by atoms with Gasteiger partial charge in [-0.15, -0.1) is 0 Å². The number of ether oxygens (including phenoxy) is 1. The maximum absolute atomic E-state index is 13.2. The van der Waals surface area contributed by atoms with Crippen molar-refractivity contribution in [2.24, 2.45) is 11.5 Å². The van der Waals surface area contributed by atoms with Gasteiger partial charge in [-0.25, -0.2) is 0 Å². The van der Waals surface area contributed by atoms with Crippen LogP contribution in [0.4, 0.5) is 18.9 Å². The highest BCUT2D eigenvalue weighted by Crippen LogP contribution is 2.32. The minimum absolute atomic E-state index is 0.0677. The van der Waals surface area contributed by atoms with E-state index < -0.39 is 23.6 Å². The number of aryl methyl sites for hydroxylation is 1. The highest BCUT2D eigenvalue weighted by atomic mass is 19.4. The Balaban J connectivity index is 1.59. The molecule has 2 aromatic carbocycles. The number of halogens is 3. The molecule has 184 valence electrons. The summed E-state index contributed by atoms with van der Waals surface area (Å²) in [4.78, 5) is 27.5. The number of pyridine rings is 1. The van der Waals surface area contributed by atoms with Gasteiger partial charge in [0.25, 0.3) is 5.91 Å². The number of nitrogens with one attached hydrogen (secondary N) is 1. The Bertz CT molecular complexity index is 1200. The topological polar surface area (TPSA) is 120 Å². The molecule has 3 rings (SSSR count). The summed E-state index contributed by atoms with van der Waals surface area (Å²) in [5.74, 6) is -0.484. The third-order valence-electron chi connectivity index (χ3n) is 5.06. The third kappa shape index (κ3) is 7.82. The lowest BCUT2D eigenvalue weighted by atomic mass is 10.1. The Kier molecular flexibility index (Phi) is 8.43. The number of benzene rings is 2. The third-order valence-corrected chi connectivity index (χ3v) is 5.06. The van der Waals surface area contributed by atoms with Gasteiger partial charge in [0, 0.05) is 18.3 Å². The van der Waals surface area contributed by atoms with E-state index in [1.165, 1.54) is 12.3 Å². The lowest BCUT2D eigenvalue weighted by Crippen LogP contribution is -2.15. The number of rotatable bonds is 10. The molecule has 10 heteroatoms. The average molecular weight is 486 g/mol. The Morgan fingerprint density at radius 1 is 0.971 bits per heavy atom. The van der Waals surface area contributed by atoms with Crippen molar-refractivity contribution in [2.45, 2.75) is 32.0 Å². The van der Waals surface area contributed by atoms with Crippen LogP contribution in [-0.4, -0.2) is 23.3 Å². The summed E-state index contributed by atoms with van der Waals surface area (Å²) in [7, 11) is 0. The molecule has 3 aromatic rings. The lowest BCUT2D eigenvalue weighted by molar-refractivity contribution is -0.137. The molecule has 0 unspecified atom stereocenters. The predicted molar refractivity (Wildman–Crippen MR) is 125 cm³/mol. The summed E-state index contributed by atoms with van der Waals surface area (Å²) in [6, 6.07) is 13.8. The standard InChI is InChI=1S/C25H25F3N4O3/c26-25(27,28)19-10-17(6-8-29)11-20(14-19)32-23(33)5-4-16-2-1-3-21(12-16)35-15-18-7-9-31-22(13-18)24(30)34/h1-3,7,9-14H,4-6,8,15,29H2,(H2,30,34)(H,32,33). The van der Waals surface area contributed by atoms with Crippen LogP contribution in [0.25, 0.3) is 0 Å². The van der Waals surface area contributed by atoms with Crippen molar-refractivity contribution >= 4 is 17.5 Å². The van der Waals surface area contributed by atoms with E-state index in [-0.39, 0.29) is 37.4 Å². The van der Waals surface area contributed by atoms with Crippen molar-refractivity contribution in [2.75, 3.05) is 11.9 Å². The normalized spacial score (nSPS) is 11.2. The summed E-state index contributed by atoms with van der Waals surface area (Å²) >= 11 is 0. The van der Waals surface area contributed by atoms with E-state index in [1.54, 1.807) is 30.3 Å². The van der Waals surface area contributed by atoms with Gasteiger partial charge in [0.1, 0.15) is 18.1 Å². The highest BCUT2D eigenvalue weighted by molar-refractivity contribution is 5.91. The van der Waals surface area contributed by atoms with Gasteiger partial charge in [0.05, 0.1) is 5.56 Å². The number of hydrogen-bond acceptors (Lipinski definition) is 5. The minimum Gasteiger partial charge on any atom is -0.489 e. The molecule has 0 atom stereocenters. The molecule has 0 saturated carbocycles. The second-order valence-corrected chi connectivity index (χ2v) is 7.85. The predicted octanol–water partition coefficient (Wildman–Crippen LogP) is 3.85. The summed E-state index contributed by atoms with van der Waals surface area (Å²) in [6.07, 6.45) is -2.36. The number of nitrogens with zero attached hydrogens (tertiary/aromatic N) is 1. The van der Waals surface area contributed by atoms with Gasteiger partial charge in [0.2, 0.25) is 5.91 Å².